The van der Waals surface area contributed by atoms with Crippen LogP contribution in [-0.4, -0.2) is 205 Å². The maximum atomic E-state index is 14.9. The topological polar surface area (TPSA) is 380 Å². The molecule has 2 heterocycles. The Balaban J connectivity index is 1.91. The summed E-state index contributed by atoms with van der Waals surface area (Å²) in [5, 5.41) is 102. The van der Waals surface area contributed by atoms with Gasteiger partial charge in [-0.15, -0.1) is 0 Å². The number of ether oxygens (including phenoxy) is 8. The van der Waals surface area contributed by atoms with Gasteiger partial charge in [-0.3, -0.25) is 28.2 Å². The molecule has 2 aliphatic heterocycles. The van der Waals surface area contributed by atoms with Crippen LogP contribution in [0.5, 0.6) is 0 Å². The maximum absolute atomic E-state index is 14.9. The summed E-state index contributed by atoms with van der Waals surface area (Å²) in [6, 6.07) is 0. The number of phosphoric acid groups is 1. The van der Waals surface area contributed by atoms with Crippen LogP contribution in [0.1, 0.15) is 419 Å². The summed E-state index contributed by atoms with van der Waals surface area (Å²) in [7, 11) is -5.80. The normalized spacial score (nSPS) is 25.1. The first kappa shape index (κ1) is 108. The Morgan fingerprint density at radius 1 is 0.310 bits per heavy atom. The zero-order valence-corrected chi connectivity index (χ0v) is 73.7. The van der Waals surface area contributed by atoms with Crippen LogP contribution in [0.25, 0.3) is 0 Å². The molecule has 26 heteroatoms. The Morgan fingerprint density at radius 3 is 0.940 bits per heavy atom. The molecule has 0 amide bonds. The molecule has 684 valence electrons. The lowest BCUT2D eigenvalue weighted by Crippen LogP contribution is -2.70. The highest BCUT2D eigenvalue weighted by atomic mass is 31.2. The van der Waals surface area contributed by atoms with E-state index in [1.807, 2.05) is 0 Å². The average molecular weight is 1680 g/mol. The number of carbonyl (C=O) groups is 4. The van der Waals surface area contributed by atoms with Crippen molar-refractivity contribution in [2.75, 3.05) is 26.4 Å². The van der Waals surface area contributed by atoms with E-state index in [4.69, 9.17) is 46.9 Å². The van der Waals surface area contributed by atoms with E-state index in [0.717, 1.165) is 128 Å². The molecule has 18 atom stereocenters. The van der Waals surface area contributed by atoms with E-state index in [9.17, 15) is 74.6 Å². The Bertz CT molecular complexity index is 2410. The summed E-state index contributed by atoms with van der Waals surface area (Å²) in [6.07, 6.45) is 26.6. The number of unbranched alkanes of at least 4 members (excludes halogenated alkanes) is 53. The van der Waals surface area contributed by atoms with Gasteiger partial charge in [-0.25, -0.2) is 4.57 Å². The van der Waals surface area contributed by atoms with Gasteiger partial charge in [0.25, 0.3) is 0 Å². The number of hydrogen-bond donors (Lipinski definition) is 10. The first-order valence-electron chi connectivity index (χ1n) is 47.3. The second kappa shape index (κ2) is 69.8. The number of aliphatic hydroxyl groups is 9. The fraction of sp³-hybridized carbons (Fsp3) is 0.956. The zero-order chi connectivity index (χ0) is 84.7. The lowest BCUT2D eigenvalue weighted by Gasteiger charge is -2.50. The van der Waals surface area contributed by atoms with Crippen LogP contribution in [0.4, 0.5) is 0 Å². The third kappa shape index (κ3) is 49.7. The molecular formula is C90H169O25P. The molecule has 3 fully saturated rings. The quantitative estimate of drug-likeness (QED) is 0.0117. The number of aliphatic hydroxyl groups excluding tert-OH is 9. The van der Waals surface area contributed by atoms with E-state index >= 15 is 0 Å². The van der Waals surface area contributed by atoms with E-state index in [1.54, 1.807) is 0 Å². The molecule has 2 saturated heterocycles. The van der Waals surface area contributed by atoms with E-state index in [-0.39, 0.29) is 25.7 Å². The Morgan fingerprint density at radius 2 is 0.595 bits per heavy atom. The van der Waals surface area contributed by atoms with Crippen LogP contribution < -0.4 is 0 Å². The van der Waals surface area contributed by atoms with Gasteiger partial charge in [-0.1, -0.05) is 368 Å². The summed E-state index contributed by atoms with van der Waals surface area (Å²) in [4.78, 5) is 66.4. The standard InChI is InChI=1S/C90H169O25P/c1-5-9-13-17-21-25-29-33-35-37-40-43-46-50-54-58-62-73(92)106-67-70(109-75(94)64-60-56-52-48-44-39-32-28-24-20-16-12-8-4)68-108-116(104,105)115-88-86(113-89-83(102)79(98)77(96)71(66-91)110-89)82(101)81(100)85(112-76(95)65-61-57-53-49-45-41-36-34-30-26-22-18-14-10-6-2)87(88)114-90-84(103)80(99)78(97)72(111-90)69-107-74(93)63-59-55-51-47-42-38-31-27-23-19-15-11-7-3/h70-72,77-91,96-103H,5-69H2,1-4H3,(H,104,105)/t70-,71-,72-,77-,78-,79+,80+,81+,82+,83+,84+,85-,86-,87-,88+,89-,90-/m1/s1. The van der Waals surface area contributed by atoms with Crippen molar-refractivity contribution in [3.63, 3.8) is 0 Å². The Hall–Kier alpha value is -2.53. The van der Waals surface area contributed by atoms with Crippen molar-refractivity contribution in [1.82, 2.24) is 0 Å². The molecule has 3 aliphatic rings. The largest absolute Gasteiger partial charge is 0.472 e. The highest BCUT2D eigenvalue weighted by Gasteiger charge is 2.60. The van der Waals surface area contributed by atoms with Crippen molar-refractivity contribution in [2.45, 2.75) is 524 Å². The molecule has 0 aromatic rings. The van der Waals surface area contributed by atoms with E-state index in [1.165, 1.54) is 205 Å². The molecule has 1 saturated carbocycles. The van der Waals surface area contributed by atoms with Crippen LogP contribution in [-0.2, 0) is 70.7 Å². The molecule has 3 rings (SSSR count). The SMILES string of the molecule is CCCCCCCCCCCCCCCCCCC(=O)OC[C@H](COP(=O)(O)O[C@@H]1[C@H](O[C@H]2O[C@H](COC(=O)CCCCCCCCCCCCCCC)[C@@H](O)[C@H](O)[C@@H]2O)[C@H](OC(=O)CCCCCCCCCCCCCCCCC)[C@@H](O)[C@H](O)[C@H]1O[C@H]1O[C@H](CO)[C@@H](O)[C@H](O)[C@@H]1O)OC(=O)CCCCCCCCCCCCCCC. The van der Waals surface area contributed by atoms with Crippen molar-refractivity contribution >= 4 is 31.7 Å². The minimum absolute atomic E-state index is 0.0198. The summed E-state index contributed by atoms with van der Waals surface area (Å²) in [5.74, 6) is -2.94. The number of hydrogen-bond acceptors (Lipinski definition) is 24. The molecule has 25 nitrogen and oxygen atoms in total. The van der Waals surface area contributed by atoms with E-state index in [0.29, 0.717) is 32.1 Å². The smallest absolute Gasteiger partial charge is 0.463 e. The maximum Gasteiger partial charge on any atom is 0.472 e. The number of carbonyl (C=O) groups excluding carboxylic acids is 4. The number of phosphoric ester groups is 1. The molecule has 0 bridgehead atoms. The first-order chi connectivity index (χ1) is 56.2. The van der Waals surface area contributed by atoms with Crippen molar-refractivity contribution in [3.8, 4) is 0 Å². The van der Waals surface area contributed by atoms with Gasteiger partial charge in [0.15, 0.2) is 24.8 Å². The minimum atomic E-state index is -5.80. The molecule has 0 aromatic carbocycles. The van der Waals surface area contributed by atoms with Crippen molar-refractivity contribution in [1.29, 1.82) is 0 Å². The summed E-state index contributed by atoms with van der Waals surface area (Å²) in [6.45, 7) is 5.63. The van der Waals surface area contributed by atoms with Crippen molar-refractivity contribution < 1.29 is 122 Å². The first-order valence-corrected chi connectivity index (χ1v) is 48.8. The van der Waals surface area contributed by atoms with Gasteiger partial charge >= 0.3 is 31.7 Å². The molecule has 10 N–H and O–H groups in total. The molecular weight excluding hydrogens is 1510 g/mol. The highest BCUT2D eigenvalue weighted by Crippen LogP contribution is 2.49. The predicted octanol–water partition coefficient (Wildman–Crippen LogP) is 17.4. The highest BCUT2D eigenvalue weighted by molar-refractivity contribution is 7.47. The van der Waals surface area contributed by atoms with Gasteiger partial charge in [0.1, 0.15) is 92.6 Å². The second-order valence-electron chi connectivity index (χ2n) is 33.9. The third-order valence-corrected chi connectivity index (χ3v) is 24.3. The van der Waals surface area contributed by atoms with Crippen LogP contribution in [0.15, 0.2) is 0 Å². The van der Waals surface area contributed by atoms with Crippen LogP contribution >= 0.6 is 7.82 Å². The molecule has 1 aliphatic carbocycles. The van der Waals surface area contributed by atoms with Crippen molar-refractivity contribution in [3.05, 3.63) is 0 Å². The van der Waals surface area contributed by atoms with Crippen LogP contribution in [0.3, 0.4) is 0 Å². The minimum Gasteiger partial charge on any atom is -0.463 e. The second-order valence-corrected chi connectivity index (χ2v) is 35.3. The van der Waals surface area contributed by atoms with Gasteiger partial charge in [0.05, 0.1) is 13.2 Å². The van der Waals surface area contributed by atoms with Gasteiger partial charge in [0, 0.05) is 25.7 Å². The third-order valence-electron chi connectivity index (χ3n) is 23.4. The van der Waals surface area contributed by atoms with E-state index < -0.39 is 162 Å². The molecule has 0 spiro atoms. The van der Waals surface area contributed by atoms with Gasteiger partial charge < -0.3 is 88.7 Å². The summed E-state index contributed by atoms with van der Waals surface area (Å²) >= 11 is 0. The molecule has 0 radical (unpaired) electrons. The molecule has 0 aromatic heterocycles. The van der Waals surface area contributed by atoms with Gasteiger partial charge in [0.2, 0.25) is 0 Å². The fourth-order valence-corrected chi connectivity index (χ4v) is 16.8. The number of esters is 4. The zero-order valence-electron chi connectivity index (χ0n) is 72.8. The predicted molar refractivity (Wildman–Crippen MR) is 449 cm³/mol. The van der Waals surface area contributed by atoms with Crippen LogP contribution in [0.2, 0.25) is 0 Å². The average Bonchev–Trinajstić information content (AvgIpc) is 0.754. The van der Waals surface area contributed by atoms with E-state index in [2.05, 4.69) is 27.7 Å². The lowest BCUT2D eigenvalue weighted by molar-refractivity contribution is -0.360. The Labute approximate surface area is 699 Å². The summed E-state index contributed by atoms with van der Waals surface area (Å²) < 4.78 is 73.4. The number of rotatable bonds is 77. The van der Waals surface area contributed by atoms with Gasteiger partial charge in [-0.2, -0.15) is 0 Å². The lowest BCUT2D eigenvalue weighted by atomic mass is 9.84. The molecule has 116 heavy (non-hydrogen) atoms. The van der Waals surface area contributed by atoms with Crippen molar-refractivity contribution in [2.24, 2.45) is 0 Å². The fourth-order valence-electron chi connectivity index (χ4n) is 15.8. The monoisotopic (exact) mass is 1680 g/mol. The van der Waals surface area contributed by atoms with Crippen LogP contribution in [0, 0.1) is 0 Å². The Kier molecular flexibility index (Phi) is 64.8. The molecule has 1 unspecified atom stereocenters. The van der Waals surface area contributed by atoms with Gasteiger partial charge in [-0.05, 0) is 25.7 Å². The summed E-state index contributed by atoms with van der Waals surface area (Å²) in [5.41, 5.74) is 0.